The molecule has 0 radical (unpaired) electrons. The monoisotopic (exact) mass is 258 g/mol. The van der Waals surface area contributed by atoms with Crippen LogP contribution in [-0.2, 0) is 0 Å². The van der Waals surface area contributed by atoms with E-state index in [1.54, 1.807) is 6.92 Å². The van der Waals surface area contributed by atoms with Gasteiger partial charge in [0.1, 0.15) is 0 Å². The molecule has 0 heterocycles. The van der Waals surface area contributed by atoms with E-state index in [0.29, 0.717) is 0 Å². The normalized spacial score (nSPS) is 21.0. The number of aliphatic hydroxyl groups is 1. The number of rotatable bonds is 3. The van der Waals surface area contributed by atoms with E-state index in [4.69, 9.17) is 5.11 Å². The number of aliphatic hydroxyl groups excluding tert-OH is 1. The van der Waals surface area contributed by atoms with Crippen LogP contribution in [0.25, 0.3) is 0 Å². The smallest absolute Gasteiger partial charge is 0.0525 e. The van der Waals surface area contributed by atoms with Crippen molar-refractivity contribution >= 4 is 31.9 Å². The molecule has 0 bridgehead atoms. The fraction of sp³-hybridized carbons (Fsp3) is 1.00. The van der Waals surface area contributed by atoms with Crippen LogP contribution in [0, 0.1) is 0 Å². The van der Waals surface area contributed by atoms with Crippen LogP contribution in [0.15, 0.2) is 0 Å². The summed E-state index contributed by atoms with van der Waals surface area (Å²) in [5.74, 6) is 0. The summed E-state index contributed by atoms with van der Waals surface area (Å²) in [6.07, 6.45) is 0.546. The van der Waals surface area contributed by atoms with Crippen molar-refractivity contribution in [2.45, 2.75) is 30.7 Å². The van der Waals surface area contributed by atoms with Crippen LogP contribution in [0.2, 0.25) is 0 Å². The molecule has 0 aliphatic rings. The van der Waals surface area contributed by atoms with E-state index in [-0.39, 0.29) is 10.4 Å². The van der Waals surface area contributed by atoms with Gasteiger partial charge in [0.25, 0.3) is 0 Å². The Hall–Kier alpha value is 0.920. The molecular weight excluding hydrogens is 248 g/mol. The summed E-state index contributed by atoms with van der Waals surface area (Å²) in [5, 5.41) is 9.83. The Kier molecular flexibility index (Phi) is 4.34. The van der Waals surface area contributed by atoms with E-state index in [1.165, 1.54) is 0 Å². The van der Waals surface area contributed by atoms with Crippen molar-refractivity contribution < 1.29 is 5.11 Å². The molecule has 2 atom stereocenters. The van der Waals surface area contributed by atoms with Crippen molar-refractivity contribution in [2.24, 2.45) is 0 Å². The third kappa shape index (κ3) is 5.37. The molecule has 3 heteroatoms. The predicted octanol–water partition coefficient (Wildman–Crippen LogP) is 2.31. The molecule has 0 amide bonds. The molecule has 0 spiro atoms. The van der Waals surface area contributed by atoms with Gasteiger partial charge in [0.05, 0.1) is 6.10 Å². The van der Waals surface area contributed by atoms with Crippen molar-refractivity contribution in [3.63, 3.8) is 0 Å². The Morgan fingerprint density at radius 3 is 2.22 bits per heavy atom. The summed E-state index contributed by atoms with van der Waals surface area (Å²) in [7, 11) is 0. The van der Waals surface area contributed by atoms with E-state index in [0.717, 1.165) is 11.8 Å². The summed E-state index contributed by atoms with van der Waals surface area (Å²) in [5.41, 5.74) is 0. The summed E-state index contributed by atoms with van der Waals surface area (Å²) in [6.45, 7) is 3.84. The highest BCUT2D eigenvalue weighted by atomic mass is 79.9. The maximum atomic E-state index is 8.97. The van der Waals surface area contributed by atoms with Crippen molar-refractivity contribution in [2.75, 3.05) is 5.33 Å². The molecule has 0 aliphatic carbocycles. The van der Waals surface area contributed by atoms with Gasteiger partial charge in [-0.1, -0.05) is 31.9 Å². The van der Waals surface area contributed by atoms with E-state index in [1.807, 2.05) is 0 Å². The van der Waals surface area contributed by atoms with Crippen LogP contribution in [0.3, 0.4) is 0 Å². The van der Waals surface area contributed by atoms with Gasteiger partial charge in [-0.15, -0.1) is 0 Å². The number of hydrogen-bond acceptors (Lipinski definition) is 1. The van der Waals surface area contributed by atoms with Gasteiger partial charge in [0.15, 0.2) is 0 Å². The molecule has 56 valence electrons. The maximum Gasteiger partial charge on any atom is 0.0525 e. The lowest BCUT2D eigenvalue weighted by atomic mass is 10.1. The Balaban J connectivity index is 3.58. The van der Waals surface area contributed by atoms with Crippen LogP contribution in [0.4, 0.5) is 0 Å². The molecule has 0 saturated carbocycles. The second-order valence-electron chi connectivity index (χ2n) is 2.60. The van der Waals surface area contributed by atoms with E-state index >= 15 is 0 Å². The van der Waals surface area contributed by atoms with Gasteiger partial charge < -0.3 is 5.11 Å². The lowest BCUT2D eigenvalue weighted by Gasteiger charge is -2.20. The van der Waals surface area contributed by atoms with Gasteiger partial charge >= 0.3 is 0 Å². The third-order valence-corrected chi connectivity index (χ3v) is 3.59. The minimum atomic E-state index is -0.230. The van der Waals surface area contributed by atoms with Gasteiger partial charge in [0, 0.05) is 9.65 Å². The summed E-state index contributed by atoms with van der Waals surface area (Å²) in [4.78, 5) is 0. The molecule has 1 N–H and O–H groups in total. The SMILES string of the molecule is CC(O)CC(C)(Br)CBr. The van der Waals surface area contributed by atoms with Crippen LogP contribution >= 0.6 is 31.9 Å². The first-order valence-corrected chi connectivity index (χ1v) is 4.82. The van der Waals surface area contributed by atoms with Crippen LogP contribution < -0.4 is 0 Å². The molecule has 1 nitrogen and oxygen atoms in total. The molecule has 0 aromatic heterocycles. The van der Waals surface area contributed by atoms with Crippen LogP contribution in [0.1, 0.15) is 20.3 Å². The highest BCUT2D eigenvalue weighted by Crippen LogP contribution is 2.25. The van der Waals surface area contributed by atoms with Crippen molar-refractivity contribution in [1.29, 1.82) is 0 Å². The largest absolute Gasteiger partial charge is 0.393 e. The highest BCUT2D eigenvalue weighted by Gasteiger charge is 2.20. The minimum absolute atomic E-state index is 0.0428. The Morgan fingerprint density at radius 1 is 1.67 bits per heavy atom. The van der Waals surface area contributed by atoms with E-state index in [9.17, 15) is 0 Å². The van der Waals surface area contributed by atoms with Gasteiger partial charge in [-0.25, -0.2) is 0 Å². The molecule has 0 aliphatic heterocycles. The maximum absolute atomic E-state index is 8.97. The van der Waals surface area contributed by atoms with Crippen LogP contribution in [0.5, 0.6) is 0 Å². The number of hydrogen-bond donors (Lipinski definition) is 1. The molecule has 0 aromatic rings. The standard InChI is InChI=1S/C6H12Br2O/c1-5(9)3-6(2,8)4-7/h5,9H,3-4H2,1-2H3. The molecule has 2 unspecified atom stereocenters. The fourth-order valence-corrected chi connectivity index (χ4v) is 1.37. The quantitative estimate of drug-likeness (QED) is 0.772. The zero-order valence-electron chi connectivity index (χ0n) is 5.69. The third-order valence-electron chi connectivity index (χ3n) is 1.000. The summed E-state index contributed by atoms with van der Waals surface area (Å²) >= 11 is 6.82. The summed E-state index contributed by atoms with van der Waals surface area (Å²) < 4.78 is 0.0428. The average Bonchev–Trinajstić information content (AvgIpc) is 1.63. The first-order chi connectivity index (χ1) is 3.98. The van der Waals surface area contributed by atoms with Crippen molar-refractivity contribution in [3.05, 3.63) is 0 Å². The zero-order chi connectivity index (χ0) is 7.49. The Labute approximate surface area is 73.1 Å². The highest BCUT2D eigenvalue weighted by molar-refractivity contribution is 9.12. The molecule has 0 saturated heterocycles. The Bertz CT molecular complexity index is 81.1. The van der Waals surface area contributed by atoms with E-state index < -0.39 is 0 Å². The second kappa shape index (κ2) is 3.94. The predicted molar refractivity (Wildman–Crippen MR) is 47.4 cm³/mol. The molecule has 0 rings (SSSR count). The fourth-order valence-electron chi connectivity index (χ4n) is 0.671. The van der Waals surface area contributed by atoms with Gasteiger partial charge in [0.2, 0.25) is 0 Å². The lowest BCUT2D eigenvalue weighted by Crippen LogP contribution is -2.23. The minimum Gasteiger partial charge on any atom is -0.393 e. The molecule has 0 fully saturated rings. The van der Waals surface area contributed by atoms with Gasteiger partial charge in [-0.2, -0.15) is 0 Å². The Morgan fingerprint density at radius 2 is 2.11 bits per heavy atom. The molecule has 0 aromatic carbocycles. The zero-order valence-corrected chi connectivity index (χ0v) is 8.87. The molecule has 9 heavy (non-hydrogen) atoms. The van der Waals surface area contributed by atoms with Gasteiger partial charge in [-0.05, 0) is 20.3 Å². The van der Waals surface area contributed by atoms with Crippen LogP contribution in [-0.4, -0.2) is 20.9 Å². The first-order valence-electron chi connectivity index (χ1n) is 2.91. The van der Waals surface area contributed by atoms with E-state index in [2.05, 4.69) is 38.8 Å². The lowest BCUT2D eigenvalue weighted by molar-refractivity contribution is 0.176. The summed E-state index contributed by atoms with van der Waals surface area (Å²) in [6, 6.07) is 0. The average molecular weight is 260 g/mol. The second-order valence-corrected chi connectivity index (χ2v) is 5.08. The number of alkyl halides is 2. The van der Waals surface area contributed by atoms with Crippen molar-refractivity contribution in [3.8, 4) is 0 Å². The topological polar surface area (TPSA) is 20.2 Å². The van der Waals surface area contributed by atoms with Crippen molar-refractivity contribution in [1.82, 2.24) is 0 Å². The number of halogens is 2. The van der Waals surface area contributed by atoms with Gasteiger partial charge in [-0.3, -0.25) is 0 Å². The first kappa shape index (κ1) is 9.92. The molecular formula is C6H12Br2O.